The predicted octanol–water partition coefficient (Wildman–Crippen LogP) is 3.53. The summed E-state index contributed by atoms with van der Waals surface area (Å²) in [6, 6.07) is 10.5. The summed E-state index contributed by atoms with van der Waals surface area (Å²) < 4.78 is 10.4. The first-order valence-corrected chi connectivity index (χ1v) is 9.25. The fraction of sp³-hybridized carbons (Fsp3) is 0.300. The lowest BCUT2D eigenvalue weighted by molar-refractivity contribution is -0.117. The molecule has 2 aromatic rings. The Labute approximate surface area is 168 Å². The molecule has 1 heterocycles. The number of rotatable bonds is 7. The second kappa shape index (κ2) is 8.84. The Morgan fingerprint density at radius 1 is 1.14 bits per heavy atom. The molecular weight excluding hydrogens is 382 g/mol. The molecule has 2 aromatic carbocycles. The summed E-state index contributed by atoms with van der Waals surface area (Å²) in [5, 5.41) is 6.22. The van der Waals surface area contributed by atoms with Crippen molar-refractivity contribution in [2.24, 2.45) is 0 Å². The van der Waals surface area contributed by atoms with E-state index in [1.54, 1.807) is 29.2 Å². The second-order valence-electron chi connectivity index (χ2n) is 6.28. The summed E-state index contributed by atoms with van der Waals surface area (Å²) in [5.74, 6) is 0.935. The highest BCUT2D eigenvalue weighted by molar-refractivity contribution is 6.33. The van der Waals surface area contributed by atoms with Gasteiger partial charge in [0.05, 0.1) is 31.5 Å². The zero-order chi connectivity index (χ0) is 20.1. The molecule has 2 N–H and O–H groups in total. The monoisotopic (exact) mass is 403 g/mol. The molecule has 1 aliphatic rings. The molecule has 0 aliphatic carbocycles. The molecule has 1 aliphatic heterocycles. The van der Waals surface area contributed by atoms with Gasteiger partial charge in [-0.25, -0.2) is 0 Å². The van der Waals surface area contributed by atoms with E-state index in [1.165, 1.54) is 14.2 Å². The summed E-state index contributed by atoms with van der Waals surface area (Å²) >= 11 is 6.21. The Morgan fingerprint density at radius 2 is 1.82 bits per heavy atom. The topological polar surface area (TPSA) is 79.9 Å². The van der Waals surface area contributed by atoms with Gasteiger partial charge in [-0.15, -0.1) is 0 Å². The van der Waals surface area contributed by atoms with Gasteiger partial charge in [0.15, 0.2) is 11.5 Å². The van der Waals surface area contributed by atoms with Crippen molar-refractivity contribution in [1.29, 1.82) is 0 Å². The van der Waals surface area contributed by atoms with Crippen LogP contribution >= 0.6 is 11.6 Å². The predicted molar refractivity (Wildman–Crippen MR) is 110 cm³/mol. The summed E-state index contributed by atoms with van der Waals surface area (Å²) in [6.45, 7) is 0.766. The molecule has 0 bridgehead atoms. The number of hydrogen-bond acceptors (Lipinski definition) is 5. The molecule has 0 aromatic heterocycles. The van der Waals surface area contributed by atoms with Crippen molar-refractivity contribution < 1.29 is 19.1 Å². The number of carbonyl (C=O) groups is 2. The number of nitrogens with zero attached hydrogens (tertiary/aromatic N) is 1. The van der Waals surface area contributed by atoms with E-state index in [1.807, 2.05) is 12.1 Å². The molecule has 0 spiro atoms. The molecule has 3 rings (SSSR count). The van der Waals surface area contributed by atoms with Crippen LogP contribution in [-0.4, -0.2) is 39.1 Å². The van der Waals surface area contributed by atoms with Crippen LogP contribution in [-0.2, 0) is 9.59 Å². The number of nitrogens with one attached hydrogen (secondary N) is 2. The van der Waals surface area contributed by atoms with Crippen LogP contribution < -0.4 is 25.0 Å². The number of anilines is 3. The summed E-state index contributed by atoms with van der Waals surface area (Å²) in [7, 11) is 3.06. The van der Waals surface area contributed by atoms with E-state index in [-0.39, 0.29) is 18.4 Å². The molecule has 28 heavy (non-hydrogen) atoms. The van der Waals surface area contributed by atoms with Gasteiger partial charge in [-0.1, -0.05) is 11.6 Å². The van der Waals surface area contributed by atoms with Crippen molar-refractivity contribution >= 4 is 40.5 Å². The maximum absolute atomic E-state index is 12.2. The number of carbonyl (C=O) groups excluding carboxylic acids is 2. The van der Waals surface area contributed by atoms with Crippen molar-refractivity contribution in [3.05, 3.63) is 41.4 Å². The van der Waals surface area contributed by atoms with Crippen LogP contribution in [0, 0.1) is 0 Å². The SMILES string of the molecule is COc1cc(Cl)c(NCC(=O)Nc2ccc(N3CCCC3=O)cc2)cc1OC. The molecule has 2 amide bonds. The highest BCUT2D eigenvalue weighted by Crippen LogP contribution is 2.35. The molecule has 0 atom stereocenters. The van der Waals surface area contributed by atoms with E-state index in [2.05, 4.69) is 10.6 Å². The van der Waals surface area contributed by atoms with E-state index in [0.29, 0.717) is 34.3 Å². The maximum Gasteiger partial charge on any atom is 0.243 e. The third-order valence-corrected chi connectivity index (χ3v) is 4.76. The van der Waals surface area contributed by atoms with Crippen LogP contribution in [0.1, 0.15) is 12.8 Å². The number of benzene rings is 2. The Bertz CT molecular complexity index is 870. The van der Waals surface area contributed by atoms with Crippen molar-refractivity contribution in [3.63, 3.8) is 0 Å². The van der Waals surface area contributed by atoms with Gasteiger partial charge in [0, 0.05) is 36.5 Å². The van der Waals surface area contributed by atoms with Gasteiger partial charge in [0.25, 0.3) is 0 Å². The lowest BCUT2D eigenvalue weighted by Crippen LogP contribution is -2.24. The largest absolute Gasteiger partial charge is 0.493 e. The molecule has 8 heteroatoms. The van der Waals surface area contributed by atoms with E-state index in [0.717, 1.165) is 18.7 Å². The third-order valence-electron chi connectivity index (χ3n) is 4.45. The maximum atomic E-state index is 12.2. The number of amides is 2. The molecule has 1 saturated heterocycles. The first-order chi connectivity index (χ1) is 13.5. The average Bonchev–Trinajstić information content (AvgIpc) is 3.13. The van der Waals surface area contributed by atoms with Crippen LogP contribution in [0.15, 0.2) is 36.4 Å². The van der Waals surface area contributed by atoms with Crippen molar-refractivity contribution in [2.45, 2.75) is 12.8 Å². The third kappa shape index (κ3) is 4.48. The Balaban J connectivity index is 1.58. The number of ether oxygens (including phenoxy) is 2. The number of methoxy groups -OCH3 is 2. The van der Waals surface area contributed by atoms with E-state index in [9.17, 15) is 9.59 Å². The number of halogens is 1. The molecule has 0 saturated carbocycles. The standard InChI is InChI=1S/C20H22ClN3O4/c1-27-17-10-15(21)16(11-18(17)28-2)22-12-19(25)23-13-5-7-14(8-6-13)24-9-3-4-20(24)26/h5-8,10-11,22H,3-4,9,12H2,1-2H3,(H,23,25). The zero-order valence-electron chi connectivity index (χ0n) is 15.8. The van der Waals surface area contributed by atoms with Crippen LogP contribution in [0.5, 0.6) is 11.5 Å². The van der Waals surface area contributed by atoms with Gasteiger partial charge in [-0.2, -0.15) is 0 Å². The smallest absolute Gasteiger partial charge is 0.243 e. The van der Waals surface area contributed by atoms with Crippen LogP contribution in [0.2, 0.25) is 5.02 Å². The van der Waals surface area contributed by atoms with E-state index < -0.39 is 0 Å². The van der Waals surface area contributed by atoms with Crippen molar-refractivity contribution in [1.82, 2.24) is 0 Å². The quantitative estimate of drug-likeness (QED) is 0.739. The van der Waals surface area contributed by atoms with Crippen LogP contribution in [0.25, 0.3) is 0 Å². The van der Waals surface area contributed by atoms with Gasteiger partial charge in [-0.3, -0.25) is 9.59 Å². The minimum atomic E-state index is -0.226. The van der Waals surface area contributed by atoms with Gasteiger partial charge in [-0.05, 0) is 30.7 Å². The van der Waals surface area contributed by atoms with Crippen LogP contribution in [0.3, 0.4) is 0 Å². The zero-order valence-corrected chi connectivity index (χ0v) is 16.5. The lowest BCUT2D eigenvalue weighted by atomic mass is 10.2. The molecule has 0 unspecified atom stereocenters. The highest BCUT2D eigenvalue weighted by Gasteiger charge is 2.21. The minimum Gasteiger partial charge on any atom is -0.493 e. The average molecular weight is 404 g/mol. The summed E-state index contributed by atoms with van der Waals surface area (Å²) in [5.41, 5.74) is 2.06. The lowest BCUT2D eigenvalue weighted by Gasteiger charge is -2.16. The van der Waals surface area contributed by atoms with Gasteiger partial charge in [0.2, 0.25) is 11.8 Å². The molecule has 148 valence electrons. The van der Waals surface area contributed by atoms with Gasteiger partial charge >= 0.3 is 0 Å². The van der Waals surface area contributed by atoms with Gasteiger partial charge < -0.3 is 25.0 Å². The first-order valence-electron chi connectivity index (χ1n) is 8.87. The minimum absolute atomic E-state index is 0.0293. The summed E-state index contributed by atoms with van der Waals surface area (Å²) in [4.78, 5) is 25.8. The Hall–Kier alpha value is -2.93. The fourth-order valence-corrected chi connectivity index (χ4v) is 3.24. The molecule has 1 fully saturated rings. The fourth-order valence-electron chi connectivity index (χ4n) is 3.02. The molecule has 7 nitrogen and oxygen atoms in total. The molecular formula is C20H22ClN3O4. The van der Waals surface area contributed by atoms with Crippen molar-refractivity contribution in [2.75, 3.05) is 42.8 Å². The van der Waals surface area contributed by atoms with Crippen LogP contribution in [0.4, 0.5) is 17.1 Å². The molecule has 0 radical (unpaired) electrons. The van der Waals surface area contributed by atoms with E-state index >= 15 is 0 Å². The van der Waals surface area contributed by atoms with E-state index in [4.69, 9.17) is 21.1 Å². The van der Waals surface area contributed by atoms with Gasteiger partial charge in [0.1, 0.15) is 0 Å². The van der Waals surface area contributed by atoms with Crippen molar-refractivity contribution in [3.8, 4) is 11.5 Å². The second-order valence-corrected chi connectivity index (χ2v) is 6.69. The Morgan fingerprint density at radius 3 is 2.43 bits per heavy atom. The first kappa shape index (κ1) is 19.8. The highest BCUT2D eigenvalue weighted by atomic mass is 35.5. The number of hydrogen-bond donors (Lipinski definition) is 2. The Kier molecular flexibility index (Phi) is 6.26. The normalized spacial score (nSPS) is 13.4. The summed E-state index contributed by atoms with van der Waals surface area (Å²) in [6.07, 6.45) is 1.46.